The summed E-state index contributed by atoms with van der Waals surface area (Å²) in [6.45, 7) is 2.67. The number of aliphatic hydroxyl groups excluding tert-OH is 1. The van der Waals surface area contributed by atoms with Crippen molar-refractivity contribution in [1.82, 2.24) is 4.90 Å². The van der Waals surface area contributed by atoms with Crippen molar-refractivity contribution in [3.63, 3.8) is 0 Å². The fourth-order valence-corrected chi connectivity index (χ4v) is 9.08. The van der Waals surface area contributed by atoms with Crippen molar-refractivity contribution < 1.29 is 19.5 Å². The van der Waals surface area contributed by atoms with E-state index in [4.69, 9.17) is 16.7 Å². The summed E-state index contributed by atoms with van der Waals surface area (Å²) in [7, 11) is 0. The average Bonchev–Trinajstić information content (AvgIpc) is 3.46. The lowest BCUT2D eigenvalue weighted by Gasteiger charge is -2.34. The van der Waals surface area contributed by atoms with Crippen LogP contribution in [0.3, 0.4) is 0 Å². The highest BCUT2D eigenvalue weighted by atomic mass is 35.5. The van der Waals surface area contributed by atoms with E-state index in [2.05, 4.69) is 17.6 Å². The summed E-state index contributed by atoms with van der Waals surface area (Å²) in [6, 6.07) is 15.6. The lowest BCUT2D eigenvalue weighted by atomic mass is 9.66. The molecule has 202 valence electrons. The molecule has 3 aliphatic rings. The van der Waals surface area contributed by atoms with Crippen LogP contribution in [0, 0.1) is 11.8 Å². The van der Waals surface area contributed by atoms with Gasteiger partial charge in [-0.3, -0.25) is 14.4 Å². The number of rotatable bonds is 10. The molecule has 0 aromatic heterocycles. The number of aliphatic hydroxyl groups is 1. The number of carbonyl (C=O) groups excluding carboxylic acids is 3. The summed E-state index contributed by atoms with van der Waals surface area (Å²) in [5.41, 5.74) is 1.32. The lowest BCUT2D eigenvalue weighted by Crippen LogP contribution is -2.51. The number of anilines is 2. The molecule has 2 aromatic rings. The number of nitrogens with one attached hydrogen (secondary N) is 2. The first-order chi connectivity index (χ1) is 18.3. The molecule has 2 aromatic carbocycles. The van der Waals surface area contributed by atoms with E-state index >= 15 is 0 Å². The molecule has 38 heavy (non-hydrogen) atoms. The first kappa shape index (κ1) is 27.0. The molecular formula is C29H34ClN3O4S. The average molecular weight is 556 g/mol. The van der Waals surface area contributed by atoms with E-state index in [1.54, 1.807) is 40.9 Å². The smallest absolute Gasteiger partial charge is 0.248 e. The molecule has 9 heteroatoms. The molecular weight excluding hydrogens is 522 g/mol. The van der Waals surface area contributed by atoms with Crippen LogP contribution in [0.5, 0.6) is 0 Å². The maximum atomic E-state index is 14.1. The highest BCUT2D eigenvalue weighted by molar-refractivity contribution is 8.02. The fourth-order valence-electron chi connectivity index (χ4n) is 6.60. The lowest BCUT2D eigenvalue weighted by molar-refractivity contribution is -0.139. The third-order valence-corrected chi connectivity index (χ3v) is 10.5. The van der Waals surface area contributed by atoms with Crippen LogP contribution < -0.4 is 10.6 Å². The van der Waals surface area contributed by atoms with Crippen molar-refractivity contribution in [1.29, 1.82) is 0 Å². The van der Waals surface area contributed by atoms with Gasteiger partial charge in [-0.2, -0.15) is 0 Å². The molecule has 2 unspecified atom stereocenters. The number of halogens is 1. The Morgan fingerprint density at radius 1 is 0.974 bits per heavy atom. The number of hydrogen-bond acceptors (Lipinski definition) is 5. The zero-order valence-electron chi connectivity index (χ0n) is 21.5. The summed E-state index contributed by atoms with van der Waals surface area (Å²) in [5.74, 6) is -1.58. The SMILES string of the molecule is C[C@@]12CCC3(S1)C(C(=O)Nc1ccc(Cl)cc1)N(CCCCCCO)C(=O)[C@@H]3[C@@H]2C(=O)Nc1ccccc1. The van der Waals surface area contributed by atoms with Gasteiger partial charge in [0.25, 0.3) is 0 Å². The summed E-state index contributed by atoms with van der Waals surface area (Å²) >= 11 is 7.70. The molecule has 2 bridgehead atoms. The molecule has 7 nitrogen and oxygen atoms in total. The zero-order valence-corrected chi connectivity index (χ0v) is 23.1. The monoisotopic (exact) mass is 555 g/mol. The van der Waals surface area contributed by atoms with Gasteiger partial charge < -0.3 is 20.6 Å². The van der Waals surface area contributed by atoms with Crippen molar-refractivity contribution in [2.24, 2.45) is 11.8 Å². The third-order valence-electron chi connectivity index (χ3n) is 8.27. The molecule has 0 saturated carbocycles. The summed E-state index contributed by atoms with van der Waals surface area (Å²) in [6.07, 6.45) is 4.65. The van der Waals surface area contributed by atoms with Gasteiger partial charge in [0.15, 0.2) is 0 Å². The van der Waals surface area contributed by atoms with E-state index in [-0.39, 0.29) is 24.3 Å². The maximum Gasteiger partial charge on any atom is 0.248 e. The quantitative estimate of drug-likeness (QED) is 0.360. The minimum atomic E-state index is -0.671. The van der Waals surface area contributed by atoms with Gasteiger partial charge in [-0.25, -0.2) is 0 Å². The minimum absolute atomic E-state index is 0.104. The maximum absolute atomic E-state index is 14.1. The Bertz CT molecular complexity index is 1200. The number of thioether (sulfide) groups is 1. The largest absolute Gasteiger partial charge is 0.396 e. The summed E-state index contributed by atoms with van der Waals surface area (Å²) < 4.78 is -1.09. The molecule has 3 heterocycles. The fraction of sp³-hybridized carbons (Fsp3) is 0.483. The minimum Gasteiger partial charge on any atom is -0.396 e. The second-order valence-electron chi connectivity index (χ2n) is 10.7. The van der Waals surface area contributed by atoms with Gasteiger partial charge in [0, 0.05) is 34.3 Å². The highest BCUT2D eigenvalue weighted by Crippen LogP contribution is 2.71. The second kappa shape index (κ2) is 10.9. The Morgan fingerprint density at radius 2 is 1.63 bits per heavy atom. The number of fused-ring (bicyclic) bond motifs is 1. The Balaban J connectivity index is 1.44. The van der Waals surface area contributed by atoms with Crippen LogP contribution in [0.2, 0.25) is 5.02 Å². The zero-order chi connectivity index (χ0) is 26.9. The van der Waals surface area contributed by atoms with Gasteiger partial charge in [-0.1, -0.05) is 42.6 Å². The summed E-state index contributed by atoms with van der Waals surface area (Å²) in [5, 5.41) is 15.7. The van der Waals surface area contributed by atoms with Gasteiger partial charge in [-0.15, -0.1) is 11.8 Å². The van der Waals surface area contributed by atoms with Crippen LogP contribution >= 0.6 is 23.4 Å². The number of nitrogens with zero attached hydrogens (tertiary/aromatic N) is 1. The van der Waals surface area contributed by atoms with Crippen molar-refractivity contribution in [2.75, 3.05) is 23.8 Å². The number of likely N-dealkylation sites (tertiary alicyclic amines) is 1. The van der Waals surface area contributed by atoms with Crippen LogP contribution in [0.4, 0.5) is 11.4 Å². The molecule has 3 N–H and O–H groups in total. The normalized spacial score (nSPS) is 29.4. The Morgan fingerprint density at radius 3 is 2.34 bits per heavy atom. The van der Waals surface area contributed by atoms with Crippen LogP contribution in [0.15, 0.2) is 54.6 Å². The number of benzene rings is 2. The van der Waals surface area contributed by atoms with E-state index in [9.17, 15) is 14.4 Å². The van der Waals surface area contributed by atoms with Crippen LogP contribution in [-0.4, -0.2) is 56.4 Å². The van der Waals surface area contributed by atoms with Crippen LogP contribution in [0.1, 0.15) is 45.4 Å². The molecule has 3 fully saturated rings. The highest BCUT2D eigenvalue weighted by Gasteiger charge is 2.77. The molecule has 5 atom stereocenters. The van der Waals surface area contributed by atoms with Crippen molar-refractivity contribution in [2.45, 2.75) is 61.0 Å². The Kier molecular flexibility index (Phi) is 7.76. The molecule has 0 radical (unpaired) electrons. The topological polar surface area (TPSA) is 98.7 Å². The van der Waals surface area contributed by atoms with Crippen molar-refractivity contribution >= 4 is 52.5 Å². The first-order valence-corrected chi connectivity index (χ1v) is 14.5. The van der Waals surface area contributed by atoms with Crippen LogP contribution in [-0.2, 0) is 14.4 Å². The predicted molar refractivity (Wildman–Crippen MR) is 151 cm³/mol. The standard InChI is InChI=1S/C29H34ClN3O4S/c1-28-15-16-29(38-28)23(22(28)25(35)31-20-9-5-4-6-10-20)27(37)33(17-7-2-3-8-18-34)24(29)26(36)32-21-13-11-19(30)12-14-21/h4-6,9-14,22-24,34H,2-3,7-8,15-18H2,1H3,(H,31,35)(H,32,36)/t22-,23+,24?,28+,29?/m1/s1. The molecule has 3 saturated heterocycles. The van der Waals surface area contributed by atoms with Gasteiger partial charge in [0.05, 0.1) is 16.6 Å². The number of para-hydroxylation sites is 1. The second-order valence-corrected chi connectivity index (χ2v) is 13.1. The van der Waals surface area contributed by atoms with Gasteiger partial charge in [-0.05, 0) is 69.0 Å². The molecule has 1 spiro atoms. The number of carbonyl (C=O) groups is 3. The molecule has 5 rings (SSSR count). The van der Waals surface area contributed by atoms with E-state index in [0.717, 1.165) is 32.1 Å². The summed E-state index contributed by atoms with van der Waals surface area (Å²) in [4.78, 5) is 43.4. The van der Waals surface area contributed by atoms with E-state index in [0.29, 0.717) is 29.4 Å². The van der Waals surface area contributed by atoms with Crippen LogP contribution in [0.25, 0.3) is 0 Å². The molecule has 3 amide bonds. The Labute approximate surface area is 232 Å². The predicted octanol–water partition coefficient (Wildman–Crippen LogP) is 4.95. The van der Waals surface area contributed by atoms with Gasteiger partial charge >= 0.3 is 0 Å². The van der Waals surface area contributed by atoms with Crippen molar-refractivity contribution in [3.05, 3.63) is 59.6 Å². The molecule has 0 aliphatic carbocycles. The third kappa shape index (κ3) is 4.82. The van der Waals surface area contributed by atoms with E-state index in [1.807, 2.05) is 30.3 Å². The van der Waals surface area contributed by atoms with Gasteiger partial charge in [0.2, 0.25) is 17.7 Å². The van der Waals surface area contributed by atoms with E-state index in [1.165, 1.54) is 0 Å². The number of amides is 3. The number of hydrogen-bond donors (Lipinski definition) is 3. The first-order valence-electron chi connectivity index (χ1n) is 13.3. The molecule has 3 aliphatic heterocycles. The van der Waals surface area contributed by atoms with E-state index < -0.39 is 27.4 Å². The van der Waals surface area contributed by atoms with Crippen molar-refractivity contribution in [3.8, 4) is 0 Å². The number of unbranched alkanes of at least 4 members (excludes halogenated alkanes) is 3. The Hall–Kier alpha value is -2.55. The van der Waals surface area contributed by atoms with Gasteiger partial charge in [0.1, 0.15) is 6.04 Å².